The second-order valence-corrected chi connectivity index (χ2v) is 6.01. The molecular weight excluding hydrogens is 374 g/mol. The largest absolute Gasteiger partial charge is 0.453 e. The molecule has 1 aromatic rings. The Bertz CT molecular complexity index is 769. The smallest absolute Gasteiger partial charge is 0.406 e. The highest BCUT2D eigenvalue weighted by molar-refractivity contribution is 8.04. The van der Waals surface area contributed by atoms with E-state index in [2.05, 4.69) is 26.9 Å². The number of carbonyl (C=O) groups is 4. The highest BCUT2D eigenvalue weighted by atomic mass is 32.2. The normalized spacial score (nSPS) is 12.3. The van der Waals surface area contributed by atoms with Gasteiger partial charge in [0.1, 0.15) is 5.56 Å². The summed E-state index contributed by atoms with van der Waals surface area (Å²) in [5.41, 5.74) is -0.475. The highest BCUT2D eigenvalue weighted by Crippen LogP contribution is 2.31. The molecule has 2 rings (SSSR count). The lowest BCUT2D eigenvalue weighted by Gasteiger charge is -2.10. The molecule has 0 saturated carbocycles. The van der Waals surface area contributed by atoms with Crippen molar-refractivity contribution in [1.82, 2.24) is 10.5 Å². The molecule has 0 saturated heterocycles. The van der Waals surface area contributed by atoms with Crippen molar-refractivity contribution in [3.8, 4) is 0 Å². The minimum absolute atomic E-state index is 0.167. The third-order valence-corrected chi connectivity index (χ3v) is 4.37. The van der Waals surface area contributed by atoms with E-state index in [1.807, 2.05) is 13.8 Å². The van der Waals surface area contributed by atoms with Crippen LogP contribution in [0.15, 0.2) is 20.5 Å². The predicted octanol–water partition coefficient (Wildman–Crippen LogP) is 2.67. The van der Waals surface area contributed by atoms with E-state index in [0.717, 1.165) is 0 Å². The Hall–Kier alpha value is -2.75. The summed E-state index contributed by atoms with van der Waals surface area (Å²) in [7, 11) is 1.28. The first-order valence-corrected chi connectivity index (χ1v) is 9.24. The van der Waals surface area contributed by atoms with Crippen molar-refractivity contribution in [2.45, 2.75) is 26.7 Å². The number of aliphatic imine (C=N–C) groups is 1. The van der Waals surface area contributed by atoms with Crippen LogP contribution in [0.1, 0.15) is 58.1 Å². The molecule has 0 unspecified atom stereocenters. The summed E-state index contributed by atoms with van der Waals surface area (Å²) < 4.78 is 9.24. The zero-order valence-corrected chi connectivity index (χ0v) is 16.2. The van der Waals surface area contributed by atoms with Gasteiger partial charge >= 0.3 is 6.09 Å². The first kappa shape index (κ1) is 22.3. The zero-order valence-electron chi connectivity index (χ0n) is 15.4. The summed E-state index contributed by atoms with van der Waals surface area (Å²) in [5.74, 6) is -1.56. The third-order valence-electron chi connectivity index (χ3n) is 3.26. The van der Waals surface area contributed by atoms with Gasteiger partial charge in [0, 0.05) is 12.6 Å². The van der Waals surface area contributed by atoms with Crippen LogP contribution in [0.25, 0.3) is 0 Å². The molecule has 0 spiro atoms. The number of alkyl carbamates (subject to hydrolysis) is 1. The maximum Gasteiger partial charge on any atom is 0.406 e. The standard InChI is InChI=1S/C15H15N3O6S.C2H6/c1-16-14(21)11-10-12(20)9(7-8(19)13(10)24-18-11)25-6-4-3-5-17-15(22)23-2;1-2/h7H,1,3-6H2,2H3,(H,17,22);1-2H3. The number of unbranched alkanes of at least 4 members (excludes halogenated alkanes) is 1. The maximum atomic E-state index is 12.5. The maximum absolute atomic E-state index is 12.5. The molecule has 1 heterocycles. The fourth-order valence-electron chi connectivity index (χ4n) is 2.04. The molecule has 27 heavy (non-hydrogen) atoms. The number of Topliss-reactive ketones (excluding diaryl/α,β-unsaturated/α-hetero) is 1. The van der Waals surface area contributed by atoms with Crippen LogP contribution in [0.2, 0.25) is 0 Å². The molecule has 0 bridgehead atoms. The summed E-state index contributed by atoms with van der Waals surface area (Å²) in [4.78, 5) is 50.4. The van der Waals surface area contributed by atoms with Gasteiger partial charge in [-0.05, 0) is 25.3 Å². The minimum Gasteiger partial charge on any atom is -0.453 e. The minimum atomic E-state index is -0.828. The molecule has 1 N–H and O–H groups in total. The van der Waals surface area contributed by atoms with Gasteiger partial charge in [-0.15, -0.1) is 11.8 Å². The second kappa shape index (κ2) is 11.1. The van der Waals surface area contributed by atoms with E-state index in [0.29, 0.717) is 25.1 Å². The summed E-state index contributed by atoms with van der Waals surface area (Å²) in [6.07, 6.45) is 2.05. The van der Waals surface area contributed by atoms with E-state index in [-0.39, 0.29) is 21.9 Å². The summed E-state index contributed by atoms with van der Waals surface area (Å²) in [5, 5.41) is 6.00. The Morgan fingerprint density at radius 2 is 2.04 bits per heavy atom. The quantitative estimate of drug-likeness (QED) is 0.551. The molecule has 2 amide bonds. The molecule has 0 radical (unpaired) electrons. The number of ether oxygens (including phenoxy) is 1. The molecule has 0 atom stereocenters. The monoisotopic (exact) mass is 395 g/mol. The molecule has 1 aliphatic rings. The van der Waals surface area contributed by atoms with Crippen LogP contribution in [0, 0.1) is 0 Å². The van der Waals surface area contributed by atoms with Gasteiger partial charge in [-0.2, -0.15) is 0 Å². The van der Waals surface area contributed by atoms with Crippen molar-refractivity contribution < 1.29 is 28.4 Å². The number of ketones is 2. The van der Waals surface area contributed by atoms with Crippen LogP contribution in [0.5, 0.6) is 0 Å². The second-order valence-electron chi connectivity index (χ2n) is 4.87. The van der Waals surface area contributed by atoms with Gasteiger partial charge in [0.05, 0.1) is 12.0 Å². The molecular formula is C17H21N3O6S. The lowest BCUT2D eigenvalue weighted by atomic mass is 10.00. The summed E-state index contributed by atoms with van der Waals surface area (Å²) in [6.45, 7) is 7.53. The van der Waals surface area contributed by atoms with Gasteiger partial charge in [-0.1, -0.05) is 19.0 Å². The predicted molar refractivity (Wildman–Crippen MR) is 101 cm³/mol. The van der Waals surface area contributed by atoms with E-state index in [1.54, 1.807) is 0 Å². The number of amides is 2. The van der Waals surface area contributed by atoms with Gasteiger partial charge in [0.15, 0.2) is 5.69 Å². The van der Waals surface area contributed by atoms with E-state index >= 15 is 0 Å². The number of fused-ring (bicyclic) bond motifs is 1. The fourth-order valence-corrected chi connectivity index (χ4v) is 3.03. The van der Waals surface area contributed by atoms with E-state index < -0.39 is 23.6 Å². The zero-order chi connectivity index (χ0) is 20.4. The molecule has 9 nitrogen and oxygen atoms in total. The van der Waals surface area contributed by atoms with E-state index in [1.165, 1.54) is 24.9 Å². The number of rotatable bonds is 7. The van der Waals surface area contributed by atoms with Crippen molar-refractivity contribution in [3.05, 3.63) is 28.0 Å². The van der Waals surface area contributed by atoms with Crippen molar-refractivity contribution >= 4 is 42.0 Å². The lowest BCUT2D eigenvalue weighted by Crippen LogP contribution is -2.24. The van der Waals surface area contributed by atoms with Gasteiger partial charge in [0.25, 0.3) is 5.91 Å². The number of methoxy groups -OCH3 is 1. The first-order valence-electron chi connectivity index (χ1n) is 8.25. The Morgan fingerprint density at radius 1 is 1.33 bits per heavy atom. The Labute approximate surface area is 160 Å². The molecule has 0 aliphatic heterocycles. The average molecular weight is 395 g/mol. The number of allylic oxidation sites excluding steroid dienone is 2. The van der Waals surface area contributed by atoms with Gasteiger partial charge in [-0.3, -0.25) is 14.4 Å². The van der Waals surface area contributed by atoms with Gasteiger partial charge in [0.2, 0.25) is 17.3 Å². The molecule has 10 heteroatoms. The number of hydrogen-bond donors (Lipinski definition) is 1. The van der Waals surface area contributed by atoms with Crippen LogP contribution < -0.4 is 5.32 Å². The molecule has 1 aromatic heterocycles. The molecule has 0 aromatic carbocycles. The van der Waals surface area contributed by atoms with E-state index in [9.17, 15) is 19.2 Å². The van der Waals surface area contributed by atoms with Crippen molar-refractivity contribution in [2.24, 2.45) is 4.99 Å². The summed E-state index contributed by atoms with van der Waals surface area (Å²) >= 11 is 1.19. The SMILES string of the molecule is C=NC(=O)c1noc2c1C(=O)C(SCCCCNC(=O)OC)=CC2=O.CC. The van der Waals surface area contributed by atoms with Crippen LogP contribution in [0.3, 0.4) is 0 Å². The van der Waals surface area contributed by atoms with Crippen LogP contribution in [0.4, 0.5) is 4.79 Å². The number of aromatic nitrogens is 1. The van der Waals surface area contributed by atoms with Crippen molar-refractivity contribution in [2.75, 3.05) is 19.4 Å². The molecule has 1 aliphatic carbocycles. The third kappa shape index (κ3) is 5.61. The average Bonchev–Trinajstić information content (AvgIpc) is 3.14. The van der Waals surface area contributed by atoms with Crippen LogP contribution >= 0.6 is 11.8 Å². The van der Waals surface area contributed by atoms with Crippen LogP contribution in [-0.4, -0.2) is 54.8 Å². The van der Waals surface area contributed by atoms with E-state index in [4.69, 9.17) is 4.52 Å². The molecule has 0 fully saturated rings. The first-order chi connectivity index (χ1) is 13.0. The number of nitrogens with one attached hydrogen (secondary N) is 1. The lowest BCUT2D eigenvalue weighted by molar-refractivity contribution is 0.0966. The molecule has 146 valence electrons. The van der Waals surface area contributed by atoms with Gasteiger partial charge in [-0.25, -0.2) is 9.79 Å². The number of carbonyl (C=O) groups excluding carboxylic acids is 4. The summed E-state index contributed by atoms with van der Waals surface area (Å²) in [6, 6.07) is 0. The van der Waals surface area contributed by atoms with Gasteiger partial charge < -0.3 is 14.6 Å². The Morgan fingerprint density at radius 3 is 2.67 bits per heavy atom. The van der Waals surface area contributed by atoms with Crippen molar-refractivity contribution in [3.63, 3.8) is 0 Å². The highest BCUT2D eigenvalue weighted by Gasteiger charge is 2.35. The van der Waals surface area contributed by atoms with Crippen molar-refractivity contribution in [1.29, 1.82) is 0 Å². The number of thioether (sulfide) groups is 1. The fraction of sp³-hybridized carbons (Fsp3) is 0.412. The van der Waals surface area contributed by atoms with Crippen LogP contribution in [-0.2, 0) is 4.74 Å². The number of hydrogen-bond acceptors (Lipinski definition) is 8. The Kier molecular flexibility index (Phi) is 9.14. The number of nitrogens with zero attached hydrogens (tertiary/aromatic N) is 2. The topological polar surface area (TPSA) is 128 Å². The Balaban J connectivity index is 0.00000176.